The molecule has 1 heterocycles. The average Bonchev–Trinajstić information content (AvgIpc) is 2.82. The van der Waals surface area contributed by atoms with E-state index < -0.39 is 11.4 Å². The molecule has 1 saturated carbocycles. The van der Waals surface area contributed by atoms with Gasteiger partial charge in [-0.25, -0.2) is 4.79 Å². The number of aliphatic carboxylic acids is 1. The normalized spacial score (nSPS) is 29.2. The Morgan fingerprint density at radius 2 is 1.95 bits per heavy atom. The van der Waals surface area contributed by atoms with Crippen LogP contribution in [0.1, 0.15) is 46.0 Å². The number of carboxylic acid groups (broad SMARTS) is 1. The largest absolute Gasteiger partial charge is 0.481 e. The molecule has 0 radical (unpaired) electrons. The smallest absolute Gasteiger partial charge is 0.317 e. The second kappa shape index (κ2) is 6.02. The number of hydrogen-bond donors (Lipinski definition) is 2. The van der Waals surface area contributed by atoms with Gasteiger partial charge in [0.25, 0.3) is 0 Å². The van der Waals surface area contributed by atoms with Crippen LogP contribution in [0.15, 0.2) is 0 Å². The minimum absolute atomic E-state index is 0.0306. The quantitative estimate of drug-likeness (QED) is 0.834. The molecule has 114 valence electrons. The Balaban J connectivity index is 1.73. The maximum Gasteiger partial charge on any atom is 0.317 e. The van der Waals surface area contributed by atoms with Crippen LogP contribution < -0.4 is 5.32 Å². The molecule has 20 heavy (non-hydrogen) atoms. The summed E-state index contributed by atoms with van der Waals surface area (Å²) in [5, 5.41) is 12.2. The molecule has 2 aliphatic rings. The molecular weight excluding hydrogens is 256 g/mol. The lowest BCUT2D eigenvalue weighted by Gasteiger charge is -2.36. The molecule has 2 rings (SSSR count). The number of amides is 2. The van der Waals surface area contributed by atoms with Gasteiger partial charge in [0, 0.05) is 19.6 Å². The highest BCUT2D eigenvalue weighted by atomic mass is 16.4. The maximum atomic E-state index is 12.1. The first-order valence-electron chi connectivity index (χ1n) is 7.67. The lowest BCUT2D eigenvalue weighted by Crippen LogP contribution is -2.49. The molecule has 0 bridgehead atoms. The SMILES string of the molecule is CC1CCC(CNC(=O)N2CCC(C)(C(=O)O)CC2)C1. The maximum absolute atomic E-state index is 12.1. The lowest BCUT2D eigenvalue weighted by molar-refractivity contribution is -0.150. The zero-order valence-electron chi connectivity index (χ0n) is 12.5. The number of carboxylic acids is 1. The number of likely N-dealkylation sites (tertiary alicyclic amines) is 1. The molecule has 1 saturated heterocycles. The highest BCUT2D eigenvalue weighted by Crippen LogP contribution is 2.31. The van der Waals surface area contributed by atoms with E-state index in [1.54, 1.807) is 11.8 Å². The summed E-state index contributed by atoms with van der Waals surface area (Å²) in [5.41, 5.74) is -0.669. The van der Waals surface area contributed by atoms with E-state index in [4.69, 9.17) is 0 Å². The van der Waals surface area contributed by atoms with Gasteiger partial charge in [-0.2, -0.15) is 0 Å². The number of hydrogen-bond acceptors (Lipinski definition) is 2. The minimum atomic E-state index is -0.752. The van der Waals surface area contributed by atoms with Crippen molar-refractivity contribution in [2.75, 3.05) is 19.6 Å². The summed E-state index contributed by atoms with van der Waals surface area (Å²) in [7, 11) is 0. The molecule has 2 atom stereocenters. The average molecular weight is 282 g/mol. The van der Waals surface area contributed by atoms with Crippen molar-refractivity contribution >= 4 is 12.0 Å². The number of carbonyl (C=O) groups excluding carboxylic acids is 1. The van der Waals surface area contributed by atoms with Crippen LogP contribution in [0.3, 0.4) is 0 Å². The van der Waals surface area contributed by atoms with Crippen molar-refractivity contribution < 1.29 is 14.7 Å². The Morgan fingerprint density at radius 1 is 1.30 bits per heavy atom. The zero-order chi connectivity index (χ0) is 14.8. The second-order valence-electron chi connectivity index (χ2n) is 6.82. The van der Waals surface area contributed by atoms with Gasteiger partial charge in [0.15, 0.2) is 0 Å². The van der Waals surface area contributed by atoms with Crippen LogP contribution in [0.25, 0.3) is 0 Å². The van der Waals surface area contributed by atoms with Gasteiger partial charge in [0.05, 0.1) is 5.41 Å². The van der Waals surface area contributed by atoms with Crippen LogP contribution in [0.4, 0.5) is 4.79 Å². The van der Waals surface area contributed by atoms with E-state index >= 15 is 0 Å². The first-order chi connectivity index (χ1) is 9.40. The topological polar surface area (TPSA) is 69.6 Å². The van der Waals surface area contributed by atoms with Gasteiger partial charge in [-0.3, -0.25) is 4.79 Å². The number of carbonyl (C=O) groups is 2. The van der Waals surface area contributed by atoms with E-state index in [2.05, 4.69) is 12.2 Å². The fraction of sp³-hybridized carbons (Fsp3) is 0.867. The van der Waals surface area contributed by atoms with Gasteiger partial charge in [-0.15, -0.1) is 0 Å². The van der Waals surface area contributed by atoms with E-state index in [9.17, 15) is 14.7 Å². The van der Waals surface area contributed by atoms with Gasteiger partial charge in [0.1, 0.15) is 0 Å². The van der Waals surface area contributed by atoms with Crippen molar-refractivity contribution in [3.05, 3.63) is 0 Å². The molecule has 0 aromatic heterocycles. The van der Waals surface area contributed by atoms with Gasteiger partial charge >= 0.3 is 12.0 Å². The first kappa shape index (κ1) is 15.1. The molecule has 5 heteroatoms. The summed E-state index contributed by atoms with van der Waals surface area (Å²) in [5.74, 6) is 0.642. The van der Waals surface area contributed by atoms with E-state index in [1.807, 2.05) is 0 Å². The van der Waals surface area contributed by atoms with E-state index in [-0.39, 0.29) is 6.03 Å². The standard InChI is InChI=1S/C15H26N2O3/c1-11-3-4-12(9-11)10-16-14(20)17-7-5-15(2,6-8-17)13(18)19/h11-12H,3-10H2,1-2H3,(H,16,20)(H,18,19). The van der Waals surface area contributed by atoms with Gasteiger partial charge < -0.3 is 15.3 Å². The molecular formula is C15H26N2O3. The molecule has 5 nitrogen and oxygen atoms in total. The number of urea groups is 1. The molecule has 0 spiro atoms. The van der Waals surface area contributed by atoms with Gasteiger partial charge in [-0.1, -0.05) is 13.3 Å². The highest BCUT2D eigenvalue weighted by molar-refractivity contribution is 5.76. The fourth-order valence-corrected chi connectivity index (χ4v) is 3.27. The highest BCUT2D eigenvalue weighted by Gasteiger charge is 2.38. The number of piperidine rings is 1. The van der Waals surface area contributed by atoms with Crippen LogP contribution in [0.5, 0.6) is 0 Å². The van der Waals surface area contributed by atoms with E-state index in [1.165, 1.54) is 19.3 Å². The summed E-state index contributed by atoms with van der Waals surface area (Å²) in [4.78, 5) is 25.0. The van der Waals surface area contributed by atoms with Crippen molar-refractivity contribution in [2.45, 2.75) is 46.0 Å². The number of nitrogens with one attached hydrogen (secondary N) is 1. The molecule has 0 aromatic carbocycles. The lowest BCUT2D eigenvalue weighted by atomic mass is 9.80. The summed E-state index contributed by atoms with van der Waals surface area (Å²) in [6.07, 6.45) is 4.75. The monoisotopic (exact) mass is 282 g/mol. The Morgan fingerprint density at radius 3 is 2.45 bits per heavy atom. The van der Waals surface area contributed by atoms with Crippen LogP contribution in [-0.4, -0.2) is 41.6 Å². The Hall–Kier alpha value is -1.26. The summed E-state index contributed by atoms with van der Waals surface area (Å²) < 4.78 is 0. The molecule has 2 amide bonds. The zero-order valence-corrected chi connectivity index (χ0v) is 12.5. The summed E-state index contributed by atoms with van der Waals surface area (Å²) >= 11 is 0. The van der Waals surface area contributed by atoms with Gasteiger partial charge in [0.2, 0.25) is 0 Å². The molecule has 2 unspecified atom stereocenters. The van der Waals surface area contributed by atoms with Crippen molar-refractivity contribution in [1.29, 1.82) is 0 Å². The minimum Gasteiger partial charge on any atom is -0.481 e. The fourth-order valence-electron chi connectivity index (χ4n) is 3.27. The van der Waals surface area contributed by atoms with E-state index in [0.29, 0.717) is 31.8 Å². The Kier molecular flexibility index (Phi) is 4.55. The van der Waals surface area contributed by atoms with Gasteiger partial charge in [-0.05, 0) is 44.4 Å². The number of nitrogens with zero attached hydrogens (tertiary/aromatic N) is 1. The molecule has 1 aliphatic heterocycles. The molecule has 0 aromatic rings. The van der Waals surface area contributed by atoms with Crippen LogP contribution in [-0.2, 0) is 4.79 Å². The molecule has 1 aliphatic carbocycles. The second-order valence-corrected chi connectivity index (χ2v) is 6.82. The van der Waals surface area contributed by atoms with Crippen molar-refractivity contribution in [2.24, 2.45) is 17.3 Å². The third-order valence-electron chi connectivity index (χ3n) is 5.02. The van der Waals surface area contributed by atoms with Crippen molar-refractivity contribution in [1.82, 2.24) is 10.2 Å². The summed E-state index contributed by atoms with van der Waals surface area (Å²) in [6.45, 7) is 5.87. The third-order valence-corrected chi connectivity index (χ3v) is 5.02. The molecule has 2 N–H and O–H groups in total. The van der Waals surface area contributed by atoms with Crippen LogP contribution in [0, 0.1) is 17.3 Å². The van der Waals surface area contributed by atoms with Crippen LogP contribution in [0.2, 0.25) is 0 Å². The van der Waals surface area contributed by atoms with Crippen LogP contribution >= 0.6 is 0 Å². The number of rotatable bonds is 3. The Bertz CT molecular complexity index is 375. The molecule has 2 fully saturated rings. The predicted octanol–water partition coefficient (Wildman–Crippen LogP) is 2.32. The van der Waals surface area contributed by atoms with Crippen molar-refractivity contribution in [3.8, 4) is 0 Å². The Labute approximate surface area is 120 Å². The van der Waals surface area contributed by atoms with E-state index in [0.717, 1.165) is 12.5 Å². The first-order valence-corrected chi connectivity index (χ1v) is 7.67. The van der Waals surface area contributed by atoms with Crippen molar-refractivity contribution in [3.63, 3.8) is 0 Å². The summed E-state index contributed by atoms with van der Waals surface area (Å²) in [6, 6.07) is -0.0306. The third kappa shape index (κ3) is 3.44. The predicted molar refractivity (Wildman–Crippen MR) is 76.5 cm³/mol.